The highest BCUT2D eigenvalue weighted by Gasteiger charge is 2.16. The molecule has 72 valence electrons. The van der Waals surface area contributed by atoms with Gasteiger partial charge in [-0.1, -0.05) is 48.6 Å². The predicted molar refractivity (Wildman–Crippen MR) is 60.8 cm³/mol. The van der Waals surface area contributed by atoms with Crippen molar-refractivity contribution in [2.45, 2.75) is 18.9 Å². The van der Waals surface area contributed by atoms with Crippen LogP contribution in [0.1, 0.15) is 18.9 Å². The zero-order chi connectivity index (χ0) is 10.0. The molecule has 0 spiro atoms. The summed E-state index contributed by atoms with van der Waals surface area (Å²) in [5.41, 5.74) is 8.35. The fourth-order valence-corrected chi connectivity index (χ4v) is 1.59. The number of benzene rings is 1. The maximum Gasteiger partial charge on any atom is 0.0348 e. The van der Waals surface area contributed by atoms with Crippen LogP contribution in [0.25, 0.3) is 5.57 Å². The predicted octanol–water partition coefficient (Wildman–Crippen LogP) is 2.75. The second-order valence-corrected chi connectivity index (χ2v) is 4.07. The number of rotatable bonds is 1. The van der Waals surface area contributed by atoms with Gasteiger partial charge in [-0.15, -0.1) is 0 Å². The molecule has 0 saturated carbocycles. The Balaban J connectivity index is 2.25. The molecule has 0 heterocycles. The fourth-order valence-electron chi connectivity index (χ4n) is 1.59. The molecule has 2 rings (SSSR count). The Morgan fingerprint density at radius 3 is 2.50 bits per heavy atom. The van der Waals surface area contributed by atoms with Crippen molar-refractivity contribution in [2.24, 2.45) is 5.73 Å². The molecular formula is C13H15N. The van der Waals surface area contributed by atoms with Gasteiger partial charge in [0.05, 0.1) is 0 Å². The Hall–Kier alpha value is -1.34. The molecule has 0 radical (unpaired) electrons. The van der Waals surface area contributed by atoms with Crippen LogP contribution in [0, 0.1) is 0 Å². The summed E-state index contributed by atoms with van der Waals surface area (Å²) in [7, 11) is 0. The van der Waals surface area contributed by atoms with Crippen LogP contribution >= 0.6 is 0 Å². The number of hydrogen-bond acceptors (Lipinski definition) is 1. The van der Waals surface area contributed by atoms with Gasteiger partial charge in [0.15, 0.2) is 0 Å². The highest BCUT2D eigenvalue weighted by Crippen LogP contribution is 2.24. The third-order valence-electron chi connectivity index (χ3n) is 2.51. The second-order valence-electron chi connectivity index (χ2n) is 4.07. The van der Waals surface area contributed by atoms with Crippen molar-refractivity contribution in [3.63, 3.8) is 0 Å². The third kappa shape index (κ3) is 1.94. The van der Waals surface area contributed by atoms with E-state index in [4.69, 9.17) is 5.73 Å². The van der Waals surface area contributed by atoms with Gasteiger partial charge in [-0.2, -0.15) is 0 Å². The normalized spacial score (nSPS) is 26.0. The number of nitrogens with two attached hydrogens (primary N) is 1. The Morgan fingerprint density at radius 2 is 1.93 bits per heavy atom. The fraction of sp³-hybridized carbons (Fsp3) is 0.231. The van der Waals surface area contributed by atoms with E-state index in [2.05, 4.69) is 42.5 Å². The highest BCUT2D eigenvalue weighted by atomic mass is 14.7. The lowest BCUT2D eigenvalue weighted by atomic mass is 9.89. The van der Waals surface area contributed by atoms with Crippen LogP contribution in [0.5, 0.6) is 0 Å². The molecule has 1 aliphatic rings. The zero-order valence-electron chi connectivity index (χ0n) is 8.40. The van der Waals surface area contributed by atoms with Crippen molar-refractivity contribution in [3.8, 4) is 0 Å². The maximum atomic E-state index is 5.99. The third-order valence-corrected chi connectivity index (χ3v) is 2.51. The summed E-state index contributed by atoms with van der Waals surface area (Å²) in [6.07, 6.45) is 7.30. The molecule has 2 N–H and O–H groups in total. The average Bonchev–Trinajstić information content (AvgIpc) is 2.19. The lowest BCUT2D eigenvalue weighted by Gasteiger charge is -2.22. The molecular weight excluding hydrogens is 170 g/mol. The molecule has 14 heavy (non-hydrogen) atoms. The van der Waals surface area contributed by atoms with E-state index in [1.165, 1.54) is 11.1 Å². The second kappa shape index (κ2) is 3.43. The summed E-state index contributed by atoms with van der Waals surface area (Å²) in [4.78, 5) is 0. The first-order valence-corrected chi connectivity index (χ1v) is 4.91. The first-order valence-electron chi connectivity index (χ1n) is 4.91. The van der Waals surface area contributed by atoms with Gasteiger partial charge in [-0.3, -0.25) is 0 Å². The molecule has 1 unspecified atom stereocenters. The summed E-state index contributed by atoms with van der Waals surface area (Å²) < 4.78 is 0. The Bertz CT molecular complexity index is 371. The van der Waals surface area contributed by atoms with Crippen molar-refractivity contribution >= 4 is 5.57 Å². The highest BCUT2D eigenvalue weighted by molar-refractivity contribution is 5.75. The Morgan fingerprint density at radius 1 is 1.21 bits per heavy atom. The summed E-state index contributed by atoms with van der Waals surface area (Å²) in [6, 6.07) is 10.4. The van der Waals surface area contributed by atoms with E-state index in [1.807, 2.05) is 13.0 Å². The van der Waals surface area contributed by atoms with Crippen LogP contribution in [0.2, 0.25) is 0 Å². The average molecular weight is 185 g/mol. The minimum Gasteiger partial charge on any atom is -0.322 e. The topological polar surface area (TPSA) is 26.0 Å². The lowest BCUT2D eigenvalue weighted by Crippen LogP contribution is -2.33. The Kier molecular flexibility index (Phi) is 2.26. The van der Waals surface area contributed by atoms with Gasteiger partial charge in [-0.05, 0) is 24.5 Å². The maximum absolute atomic E-state index is 5.99. The van der Waals surface area contributed by atoms with Crippen LogP contribution in [-0.2, 0) is 0 Å². The van der Waals surface area contributed by atoms with Crippen LogP contribution < -0.4 is 5.73 Å². The van der Waals surface area contributed by atoms with E-state index < -0.39 is 0 Å². The van der Waals surface area contributed by atoms with Gasteiger partial charge >= 0.3 is 0 Å². The van der Waals surface area contributed by atoms with E-state index in [-0.39, 0.29) is 5.54 Å². The van der Waals surface area contributed by atoms with Gasteiger partial charge < -0.3 is 5.73 Å². The van der Waals surface area contributed by atoms with Crippen molar-refractivity contribution in [3.05, 3.63) is 54.1 Å². The minimum absolute atomic E-state index is 0.168. The van der Waals surface area contributed by atoms with Crippen LogP contribution in [0.4, 0.5) is 0 Å². The lowest BCUT2D eigenvalue weighted by molar-refractivity contribution is 0.591. The largest absolute Gasteiger partial charge is 0.322 e. The van der Waals surface area contributed by atoms with Crippen molar-refractivity contribution in [1.29, 1.82) is 0 Å². The molecule has 1 aromatic rings. The van der Waals surface area contributed by atoms with Gasteiger partial charge in [0.1, 0.15) is 0 Å². The molecule has 1 nitrogen and oxygen atoms in total. The molecule has 1 heteroatoms. The SMILES string of the molecule is CC1(N)C=CC(c2ccccc2)=CC1. The number of allylic oxidation sites excluding steroid dienone is 2. The molecule has 0 fully saturated rings. The molecule has 0 amide bonds. The summed E-state index contributed by atoms with van der Waals surface area (Å²) >= 11 is 0. The number of hydrogen-bond donors (Lipinski definition) is 1. The first kappa shape index (κ1) is 9.22. The van der Waals surface area contributed by atoms with Crippen LogP contribution in [-0.4, -0.2) is 5.54 Å². The quantitative estimate of drug-likeness (QED) is 0.715. The smallest absolute Gasteiger partial charge is 0.0348 e. The summed E-state index contributed by atoms with van der Waals surface area (Å²) in [6.45, 7) is 2.04. The van der Waals surface area contributed by atoms with E-state index in [9.17, 15) is 0 Å². The van der Waals surface area contributed by atoms with E-state index >= 15 is 0 Å². The van der Waals surface area contributed by atoms with Crippen molar-refractivity contribution in [1.82, 2.24) is 0 Å². The van der Waals surface area contributed by atoms with Crippen LogP contribution in [0.15, 0.2) is 48.6 Å². The molecule has 0 aromatic heterocycles. The standard InChI is InChI=1S/C13H15N/c1-13(14)9-7-12(8-10-13)11-5-3-2-4-6-11/h2-9H,10,14H2,1H3. The minimum atomic E-state index is -0.168. The van der Waals surface area contributed by atoms with Crippen molar-refractivity contribution in [2.75, 3.05) is 0 Å². The van der Waals surface area contributed by atoms with Gasteiger partial charge in [-0.25, -0.2) is 0 Å². The molecule has 0 saturated heterocycles. The van der Waals surface area contributed by atoms with E-state index in [0.29, 0.717) is 0 Å². The van der Waals surface area contributed by atoms with Gasteiger partial charge in [0.2, 0.25) is 0 Å². The first-order chi connectivity index (χ1) is 6.67. The molecule has 1 aromatic carbocycles. The van der Waals surface area contributed by atoms with E-state index in [0.717, 1.165) is 6.42 Å². The van der Waals surface area contributed by atoms with Gasteiger partial charge in [0, 0.05) is 5.54 Å². The Labute approximate surface area is 84.9 Å². The zero-order valence-corrected chi connectivity index (χ0v) is 8.40. The molecule has 1 atom stereocenters. The van der Waals surface area contributed by atoms with Gasteiger partial charge in [0.25, 0.3) is 0 Å². The summed E-state index contributed by atoms with van der Waals surface area (Å²) in [5.74, 6) is 0. The summed E-state index contributed by atoms with van der Waals surface area (Å²) in [5, 5.41) is 0. The molecule has 0 aliphatic heterocycles. The van der Waals surface area contributed by atoms with E-state index in [1.54, 1.807) is 0 Å². The van der Waals surface area contributed by atoms with Crippen LogP contribution in [0.3, 0.4) is 0 Å². The van der Waals surface area contributed by atoms with Crippen molar-refractivity contribution < 1.29 is 0 Å². The molecule has 1 aliphatic carbocycles. The monoisotopic (exact) mass is 185 g/mol. The molecule has 0 bridgehead atoms.